The summed E-state index contributed by atoms with van der Waals surface area (Å²) in [6.45, 7) is 5.05. The molecule has 1 atom stereocenters. The highest BCUT2D eigenvalue weighted by Crippen LogP contribution is 2.42. The first-order valence-corrected chi connectivity index (χ1v) is 12.7. The molecule has 0 bridgehead atoms. The zero-order valence-electron chi connectivity index (χ0n) is 21.0. The van der Waals surface area contributed by atoms with Crippen LogP contribution in [0.1, 0.15) is 53.6 Å². The predicted octanol–water partition coefficient (Wildman–Crippen LogP) is 6.63. The number of rotatable bonds is 8. The number of benzene rings is 3. The number of nitrogens with zero attached hydrogens (tertiary/aromatic N) is 1. The van der Waals surface area contributed by atoms with Gasteiger partial charge in [0, 0.05) is 11.6 Å². The minimum absolute atomic E-state index is 0.0528. The molecule has 5 rings (SSSR count). The van der Waals surface area contributed by atoms with Gasteiger partial charge in [0.25, 0.3) is 5.91 Å². The van der Waals surface area contributed by atoms with Gasteiger partial charge in [-0.3, -0.25) is 9.59 Å². The van der Waals surface area contributed by atoms with Crippen molar-refractivity contribution in [1.29, 1.82) is 0 Å². The van der Waals surface area contributed by atoms with Crippen molar-refractivity contribution in [3.05, 3.63) is 104 Å². The molecule has 0 spiro atoms. The molecule has 190 valence electrons. The van der Waals surface area contributed by atoms with Crippen molar-refractivity contribution >= 4 is 28.5 Å². The van der Waals surface area contributed by atoms with E-state index in [0.717, 1.165) is 17.5 Å². The average Bonchev–Trinajstić information content (AvgIpc) is 3.17. The van der Waals surface area contributed by atoms with Crippen molar-refractivity contribution in [2.75, 3.05) is 13.7 Å². The van der Waals surface area contributed by atoms with Crippen molar-refractivity contribution in [2.24, 2.45) is 5.92 Å². The normalized spacial score (nSPS) is 14.9. The molecule has 1 aliphatic rings. The zero-order valence-corrected chi connectivity index (χ0v) is 21.7. The molecule has 4 aromatic rings. The fourth-order valence-corrected chi connectivity index (χ4v) is 4.86. The van der Waals surface area contributed by atoms with Gasteiger partial charge in [0.2, 0.25) is 5.76 Å². The molecule has 6 nitrogen and oxygen atoms in total. The van der Waals surface area contributed by atoms with Gasteiger partial charge in [0.05, 0.1) is 30.7 Å². The number of amides is 1. The lowest BCUT2D eigenvalue weighted by Gasteiger charge is -2.26. The molecular formula is C30H28ClNO5. The fraction of sp³-hybridized carbons (Fsp3) is 0.267. The van der Waals surface area contributed by atoms with Crippen LogP contribution in [0.15, 0.2) is 75.9 Å². The van der Waals surface area contributed by atoms with Crippen LogP contribution in [0, 0.1) is 5.92 Å². The quantitative estimate of drug-likeness (QED) is 0.262. The summed E-state index contributed by atoms with van der Waals surface area (Å²) in [6.07, 6.45) is 0.912. The third-order valence-electron chi connectivity index (χ3n) is 6.63. The highest BCUT2D eigenvalue weighted by Gasteiger charge is 2.43. The number of hydrogen-bond acceptors (Lipinski definition) is 5. The van der Waals surface area contributed by atoms with Gasteiger partial charge in [-0.25, -0.2) is 0 Å². The van der Waals surface area contributed by atoms with Gasteiger partial charge >= 0.3 is 0 Å². The van der Waals surface area contributed by atoms with E-state index in [4.69, 9.17) is 25.5 Å². The third-order valence-corrected chi connectivity index (χ3v) is 7.00. The molecule has 1 unspecified atom stereocenters. The Labute approximate surface area is 220 Å². The summed E-state index contributed by atoms with van der Waals surface area (Å²) in [5.41, 5.74) is 1.95. The summed E-state index contributed by atoms with van der Waals surface area (Å²) in [5.74, 6) is 1.35. The van der Waals surface area contributed by atoms with E-state index in [2.05, 4.69) is 13.8 Å². The molecule has 7 heteroatoms. The Morgan fingerprint density at radius 3 is 2.51 bits per heavy atom. The summed E-state index contributed by atoms with van der Waals surface area (Å²) < 4.78 is 17.6. The van der Waals surface area contributed by atoms with E-state index in [1.54, 1.807) is 42.3 Å². The van der Waals surface area contributed by atoms with E-state index in [9.17, 15) is 9.59 Å². The molecule has 2 heterocycles. The maximum atomic E-state index is 13.7. The molecule has 1 aliphatic heterocycles. The molecule has 0 N–H and O–H groups in total. The van der Waals surface area contributed by atoms with Crippen molar-refractivity contribution in [2.45, 2.75) is 32.9 Å². The van der Waals surface area contributed by atoms with Crippen LogP contribution in [0.3, 0.4) is 0 Å². The van der Waals surface area contributed by atoms with E-state index in [1.807, 2.05) is 36.4 Å². The first-order valence-electron chi connectivity index (χ1n) is 12.3. The standard InChI is InChI=1S/C30H28ClNO5/c1-18(2)14-15-36-24-13-12-19(16-25(24)35-3)27-26-28(33)21-9-5-7-11-23(21)37-29(26)30(34)32(27)17-20-8-4-6-10-22(20)31/h4-13,16,18,27H,14-15,17H2,1-3H3. The Balaban J connectivity index is 1.63. The lowest BCUT2D eigenvalue weighted by Crippen LogP contribution is -2.29. The second-order valence-corrected chi connectivity index (χ2v) is 9.95. The molecule has 0 saturated heterocycles. The average molecular weight is 518 g/mol. The smallest absolute Gasteiger partial charge is 0.291 e. The van der Waals surface area contributed by atoms with E-state index in [1.165, 1.54) is 0 Å². The summed E-state index contributed by atoms with van der Waals surface area (Å²) in [7, 11) is 1.57. The first-order chi connectivity index (χ1) is 17.9. The van der Waals surface area contributed by atoms with Gasteiger partial charge in [-0.1, -0.05) is 61.8 Å². The Bertz CT molecular complexity index is 1530. The van der Waals surface area contributed by atoms with Crippen molar-refractivity contribution < 1.29 is 18.7 Å². The largest absolute Gasteiger partial charge is 0.493 e. The molecule has 37 heavy (non-hydrogen) atoms. The van der Waals surface area contributed by atoms with Crippen molar-refractivity contribution in [3.8, 4) is 11.5 Å². The lowest BCUT2D eigenvalue weighted by molar-refractivity contribution is 0.0714. The van der Waals surface area contributed by atoms with Gasteiger partial charge < -0.3 is 18.8 Å². The van der Waals surface area contributed by atoms with E-state index >= 15 is 0 Å². The Morgan fingerprint density at radius 1 is 1.00 bits per heavy atom. The second kappa shape index (κ2) is 10.3. The number of ether oxygens (including phenoxy) is 2. The van der Waals surface area contributed by atoms with Crippen LogP contribution in [0.5, 0.6) is 11.5 Å². The van der Waals surface area contributed by atoms with Crippen LogP contribution in [-0.2, 0) is 6.54 Å². The number of halogens is 1. The number of para-hydroxylation sites is 1. The van der Waals surface area contributed by atoms with Crippen LogP contribution >= 0.6 is 11.6 Å². The van der Waals surface area contributed by atoms with Gasteiger partial charge in [0.1, 0.15) is 5.58 Å². The van der Waals surface area contributed by atoms with Crippen LogP contribution < -0.4 is 14.9 Å². The van der Waals surface area contributed by atoms with E-state index < -0.39 is 6.04 Å². The van der Waals surface area contributed by atoms with Crippen molar-refractivity contribution in [1.82, 2.24) is 4.90 Å². The first kappa shape index (κ1) is 24.9. The molecule has 0 saturated carbocycles. The molecule has 1 aromatic heterocycles. The number of carbonyl (C=O) groups is 1. The molecule has 0 fully saturated rings. The highest BCUT2D eigenvalue weighted by molar-refractivity contribution is 6.31. The predicted molar refractivity (Wildman–Crippen MR) is 144 cm³/mol. The summed E-state index contributed by atoms with van der Waals surface area (Å²) in [4.78, 5) is 29.1. The summed E-state index contributed by atoms with van der Waals surface area (Å²) in [5, 5.41) is 0.972. The lowest BCUT2D eigenvalue weighted by atomic mass is 9.97. The van der Waals surface area contributed by atoms with Crippen molar-refractivity contribution in [3.63, 3.8) is 0 Å². The maximum absolute atomic E-state index is 13.7. The minimum atomic E-state index is -0.682. The minimum Gasteiger partial charge on any atom is -0.493 e. The van der Waals surface area contributed by atoms with E-state index in [0.29, 0.717) is 45.6 Å². The summed E-state index contributed by atoms with van der Waals surface area (Å²) >= 11 is 6.45. The number of fused-ring (bicyclic) bond motifs is 2. The van der Waals surface area contributed by atoms with Crippen LogP contribution in [0.2, 0.25) is 5.02 Å². The maximum Gasteiger partial charge on any atom is 0.291 e. The Kier molecular flexibility index (Phi) is 6.94. The number of carbonyl (C=O) groups excluding carboxylic acids is 1. The zero-order chi connectivity index (χ0) is 26.1. The molecule has 0 radical (unpaired) electrons. The SMILES string of the molecule is COc1cc(C2c3c(oc4ccccc4c3=O)C(=O)N2Cc2ccccc2Cl)ccc1OCCC(C)C. The second-order valence-electron chi connectivity index (χ2n) is 9.54. The monoisotopic (exact) mass is 517 g/mol. The van der Waals surface area contributed by atoms with E-state index in [-0.39, 0.29) is 23.6 Å². The van der Waals surface area contributed by atoms with Gasteiger partial charge in [-0.2, -0.15) is 0 Å². The van der Waals surface area contributed by atoms with Crippen LogP contribution in [0.25, 0.3) is 11.0 Å². The summed E-state index contributed by atoms with van der Waals surface area (Å²) in [6, 6.07) is 19.2. The number of hydrogen-bond donors (Lipinski definition) is 0. The van der Waals surface area contributed by atoms with Gasteiger partial charge in [-0.15, -0.1) is 0 Å². The van der Waals surface area contributed by atoms with Gasteiger partial charge in [0.15, 0.2) is 16.9 Å². The molecular weight excluding hydrogens is 490 g/mol. The van der Waals surface area contributed by atoms with Crippen LogP contribution in [0.4, 0.5) is 0 Å². The number of methoxy groups -OCH3 is 1. The Morgan fingerprint density at radius 2 is 1.76 bits per heavy atom. The highest BCUT2D eigenvalue weighted by atomic mass is 35.5. The Hall–Kier alpha value is -3.77. The molecule has 0 aliphatic carbocycles. The third kappa shape index (κ3) is 4.69. The molecule has 1 amide bonds. The van der Waals surface area contributed by atoms with Gasteiger partial charge in [-0.05, 0) is 53.8 Å². The molecule has 3 aromatic carbocycles. The topological polar surface area (TPSA) is 69.0 Å². The fourth-order valence-electron chi connectivity index (χ4n) is 4.67. The van der Waals surface area contributed by atoms with Crippen LogP contribution in [-0.4, -0.2) is 24.5 Å².